The zero-order chi connectivity index (χ0) is 15.5. The standard InChI is InChI=1S/C18H15BrN2O/c1-12(13-6-8-15(19)9-7-13)21-18(22)17-16-5-3-2-4-14(16)10-11-20-17/h2-12H,1H3,(H,21,22). The Morgan fingerprint density at radius 2 is 1.82 bits per heavy atom. The van der Waals surface area contributed by atoms with Crippen LogP contribution in [0.3, 0.4) is 0 Å². The van der Waals surface area contributed by atoms with Crippen LogP contribution < -0.4 is 5.32 Å². The van der Waals surface area contributed by atoms with E-state index < -0.39 is 0 Å². The number of pyridine rings is 1. The van der Waals surface area contributed by atoms with Crippen molar-refractivity contribution < 1.29 is 4.79 Å². The summed E-state index contributed by atoms with van der Waals surface area (Å²) < 4.78 is 1.02. The number of benzene rings is 2. The highest BCUT2D eigenvalue weighted by molar-refractivity contribution is 9.10. The minimum absolute atomic E-state index is 0.0821. The molecule has 1 heterocycles. The zero-order valence-electron chi connectivity index (χ0n) is 12.1. The van der Waals surface area contributed by atoms with Gasteiger partial charge in [-0.1, -0.05) is 52.3 Å². The summed E-state index contributed by atoms with van der Waals surface area (Å²) in [7, 11) is 0. The SMILES string of the molecule is CC(NC(=O)c1nccc2ccccc12)c1ccc(Br)cc1. The number of fused-ring (bicyclic) bond motifs is 1. The van der Waals surface area contributed by atoms with Gasteiger partial charge in [-0.25, -0.2) is 0 Å². The van der Waals surface area contributed by atoms with E-state index in [-0.39, 0.29) is 11.9 Å². The molecule has 1 unspecified atom stereocenters. The predicted octanol–water partition coefficient (Wildman–Crippen LogP) is 4.49. The van der Waals surface area contributed by atoms with E-state index >= 15 is 0 Å². The summed E-state index contributed by atoms with van der Waals surface area (Å²) in [6, 6.07) is 17.5. The monoisotopic (exact) mass is 354 g/mol. The summed E-state index contributed by atoms with van der Waals surface area (Å²) in [6.07, 6.45) is 1.67. The minimum Gasteiger partial charge on any atom is -0.344 e. The van der Waals surface area contributed by atoms with Crippen molar-refractivity contribution in [3.8, 4) is 0 Å². The molecule has 0 saturated heterocycles. The molecule has 3 aromatic rings. The first kappa shape index (κ1) is 14.7. The summed E-state index contributed by atoms with van der Waals surface area (Å²) in [6.45, 7) is 1.96. The molecular weight excluding hydrogens is 340 g/mol. The lowest BCUT2D eigenvalue weighted by atomic mass is 10.1. The summed E-state index contributed by atoms with van der Waals surface area (Å²) in [4.78, 5) is 16.8. The van der Waals surface area contributed by atoms with E-state index in [1.54, 1.807) is 6.20 Å². The van der Waals surface area contributed by atoms with E-state index in [4.69, 9.17) is 0 Å². The summed E-state index contributed by atoms with van der Waals surface area (Å²) in [5, 5.41) is 4.89. The highest BCUT2D eigenvalue weighted by atomic mass is 79.9. The molecule has 2 aromatic carbocycles. The Balaban J connectivity index is 1.85. The molecule has 110 valence electrons. The summed E-state index contributed by atoms with van der Waals surface area (Å²) in [5.41, 5.74) is 1.51. The number of aromatic nitrogens is 1. The molecule has 1 N–H and O–H groups in total. The van der Waals surface area contributed by atoms with Crippen LogP contribution in [-0.4, -0.2) is 10.9 Å². The Kier molecular flexibility index (Phi) is 4.20. The zero-order valence-corrected chi connectivity index (χ0v) is 13.7. The fourth-order valence-corrected chi connectivity index (χ4v) is 2.66. The summed E-state index contributed by atoms with van der Waals surface area (Å²) >= 11 is 3.41. The van der Waals surface area contributed by atoms with Crippen molar-refractivity contribution in [2.75, 3.05) is 0 Å². The maximum absolute atomic E-state index is 12.5. The number of carbonyl (C=O) groups excluding carboxylic acids is 1. The molecule has 1 aromatic heterocycles. The average molecular weight is 355 g/mol. The van der Waals surface area contributed by atoms with Crippen LogP contribution in [0.25, 0.3) is 10.8 Å². The molecule has 0 fully saturated rings. The number of carbonyl (C=O) groups is 1. The van der Waals surface area contributed by atoms with Crippen LogP contribution in [0.2, 0.25) is 0 Å². The average Bonchev–Trinajstić information content (AvgIpc) is 2.54. The molecule has 4 heteroatoms. The van der Waals surface area contributed by atoms with E-state index in [0.29, 0.717) is 5.69 Å². The third-order valence-corrected chi connectivity index (χ3v) is 4.13. The third-order valence-electron chi connectivity index (χ3n) is 3.61. The second-order valence-corrected chi connectivity index (χ2v) is 6.04. The first-order valence-corrected chi connectivity index (χ1v) is 7.84. The van der Waals surface area contributed by atoms with Crippen LogP contribution in [0, 0.1) is 0 Å². The van der Waals surface area contributed by atoms with E-state index in [1.807, 2.05) is 61.5 Å². The fraction of sp³-hybridized carbons (Fsp3) is 0.111. The van der Waals surface area contributed by atoms with Crippen LogP contribution >= 0.6 is 15.9 Å². The van der Waals surface area contributed by atoms with Gasteiger partial charge in [0.25, 0.3) is 5.91 Å². The Morgan fingerprint density at radius 1 is 1.09 bits per heavy atom. The lowest BCUT2D eigenvalue weighted by Gasteiger charge is -2.15. The van der Waals surface area contributed by atoms with Crippen molar-refractivity contribution in [3.63, 3.8) is 0 Å². The van der Waals surface area contributed by atoms with Gasteiger partial charge >= 0.3 is 0 Å². The normalized spacial score (nSPS) is 12.1. The van der Waals surface area contributed by atoms with Gasteiger partial charge in [0, 0.05) is 16.1 Å². The highest BCUT2D eigenvalue weighted by Crippen LogP contribution is 2.19. The predicted molar refractivity (Wildman–Crippen MR) is 91.8 cm³/mol. The Bertz CT molecular complexity index is 809. The fourth-order valence-electron chi connectivity index (χ4n) is 2.40. The first-order valence-electron chi connectivity index (χ1n) is 7.05. The lowest BCUT2D eigenvalue weighted by molar-refractivity contribution is 0.0936. The number of nitrogens with zero attached hydrogens (tertiary/aromatic N) is 1. The smallest absolute Gasteiger partial charge is 0.270 e. The third kappa shape index (κ3) is 3.02. The quantitative estimate of drug-likeness (QED) is 0.752. The van der Waals surface area contributed by atoms with Crippen LogP contribution in [0.5, 0.6) is 0 Å². The molecule has 0 bridgehead atoms. The van der Waals surface area contributed by atoms with Gasteiger partial charge in [-0.3, -0.25) is 9.78 Å². The van der Waals surface area contributed by atoms with Gasteiger partial charge in [-0.2, -0.15) is 0 Å². The van der Waals surface area contributed by atoms with Crippen molar-refractivity contribution in [3.05, 3.63) is 76.5 Å². The molecule has 22 heavy (non-hydrogen) atoms. The molecule has 3 nitrogen and oxygen atoms in total. The van der Waals surface area contributed by atoms with E-state index in [9.17, 15) is 4.79 Å². The molecule has 1 atom stereocenters. The van der Waals surface area contributed by atoms with Gasteiger partial charge in [-0.15, -0.1) is 0 Å². The first-order chi connectivity index (χ1) is 10.6. The van der Waals surface area contributed by atoms with E-state index in [2.05, 4.69) is 26.2 Å². The number of nitrogens with one attached hydrogen (secondary N) is 1. The molecule has 0 aliphatic carbocycles. The molecule has 0 aliphatic heterocycles. The topological polar surface area (TPSA) is 42.0 Å². The number of hydrogen-bond donors (Lipinski definition) is 1. The second-order valence-electron chi connectivity index (χ2n) is 5.13. The van der Waals surface area contributed by atoms with Crippen molar-refractivity contribution in [1.29, 1.82) is 0 Å². The molecular formula is C18H15BrN2O. The number of halogens is 1. The van der Waals surface area contributed by atoms with Crippen LogP contribution in [0.4, 0.5) is 0 Å². The van der Waals surface area contributed by atoms with Crippen molar-refractivity contribution in [1.82, 2.24) is 10.3 Å². The highest BCUT2D eigenvalue weighted by Gasteiger charge is 2.15. The Morgan fingerprint density at radius 3 is 2.59 bits per heavy atom. The van der Waals surface area contributed by atoms with Crippen LogP contribution in [0.1, 0.15) is 29.0 Å². The number of hydrogen-bond acceptors (Lipinski definition) is 2. The molecule has 0 aliphatic rings. The maximum atomic E-state index is 12.5. The number of rotatable bonds is 3. The van der Waals surface area contributed by atoms with Crippen LogP contribution in [-0.2, 0) is 0 Å². The molecule has 0 radical (unpaired) electrons. The Labute approximate surface area is 137 Å². The summed E-state index contributed by atoms with van der Waals surface area (Å²) in [5.74, 6) is -0.160. The minimum atomic E-state index is -0.160. The van der Waals surface area contributed by atoms with Crippen molar-refractivity contribution >= 4 is 32.6 Å². The Hall–Kier alpha value is -2.20. The number of amides is 1. The lowest BCUT2D eigenvalue weighted by Crippen LogP contribution is -2.27. The van der Waals surface area contributed by atoms with Gasteiger partial charge in [0.2, 0.25) is 0 Å². The maximum Gasteiger partial charge on any atom is 0.270 e. The van der Waals surface area contributed by atoms with Gasteiger partial charge in [0.15, 0.2) is 0 Å². The van der Waals surface area contributed by atoms with Gasteiger partial charge < -0.3 is 5.32 Å². The molecule has 1 amide bonds. The second kappa shape index (κ2) is 6.28. The van der Waals surface area contributed by atoms with E-state index in [1.165, 1.54) is 0 Å². The van der Waals surface area contributed by atoms with Gasteiger partial charge in [0.05, 0.1) is 6.04 Å². The molecule has 0 spiro atoms. The molecule has 0 saturated carbocycles. The van der Waals surface area contributed by atoms with E-state index in [0.717, 1.165) is 20.8 Å². The molecule has 3 rings (SSSR count). The van der Waals surface area contributed by atoms with Crippen LogP contribution in [0.15, 0.2) is 65.3 Å². The van der Waals surface area contributed by atoms with Gasteiger partial charge in [0.1, 0.15) is 5.69 Å². The van der Waals surface area contributed by atoms with Crippen molar-refractivity contribution in [2.45, 2.75) is 13.0 Å². The largest absolute Gasteiger partial charge is 0.344 e. The van der Waals surface area contributed by atoms with Crippen molar-refractivity contribution in [2.24, 2.45) is 0 Å². The van der Waals surface area contributed by atoms with Gasteiger partial charge in [-0.05, 0) is 36.1 Å².